The average Bonchev–Trinajstić information content (AvgIpc) is 3.45. The highest BCUT2D eigenvalue weighted by molar-refractivity contribution is 7.52. The maximum absolute atomic E-state index is 13.4. The molecular formula is C20H25N6O6P. The number of hydrogen-bond donors (Lipinski definition) is 2. The highest BCUT2D eigenvalue weighted by Crippen LogP contribution is 2.46. The monoisotopic (exact) mass is 476 g/mol. The van der Waals surface area contributed by atoms with E-state index >= 15 is 0 Å². The minimum Gasteiger partial charge on any atom is -0.468 e. The Morgan fingerprint density at radius 1 is 1.30 bits per heavy atom. The largest absolute Gasteiger partial charge is 0.468 e. The lowest BCUT2D eigenvalue weighted by Gasteiger charge is -2.24. The molecule has 1 saturated heterocycles. The van der Waals surface area contributed by atoms with Gasteiger partial charge in [0.05, 0.1) is 26.1 Å². The van der Waals surface area contributed by atoms with E-state index in [-0.39, 0.29) is 18.9 Å². The summed E-state index contributed by atoms with van der Waals surface area (Å²) >= 11 is 0. The molecule has 0 saturated carbocycles. The summed E-state index contributed by atoms with van der Waals surface area (Å²) in [5.74, 6) is 0.0279. The van der Waals surface area contributed by atoms with Crippen molar-refractivity contribution in [3.05, 3.63) is 43.0 Å². The Morgan fingerprint density at radius 3 is 2.85 bits per heavy atom. The second-order valence-corrected chi connectivity index (χ2v) is 9.14. The number of esters is 1. The van der Waals surface area contributed by atoms with Gasteiger partial charge < -0.3 is 19.7 Å². The van der Waals surface area contributed by atoms with Crippen molar-refractivity contribution in [3.63, 3.8) is 0 Å². The summed E-state index contributed by atoms with van der Waals surface area (Å²) in [6, 6.07) is 7.64. The number of rotatable bonds is 9. The standard InChI is InChI=1S/C20H25N6O6P/c1-13(20(27)29-2)25-33(28,32-14-6-4-3-5-7-14)30-10-15-8-9-16(31-15)26-12-24-17-18(21)22-11-23-19(17)26/h3-7,11-13,15-16H,8-10H2,1-2H3,(H,25,28)(H2,21,22,23). The van der Waals surface area contributed by atoms with E-state index < -0.39 is 19.8 Å². The molecule has 4 atom stereocenters. The van der Waals surface area contributed by atoms with Gasteiger partial charge in [-0.1, -0.05) is 18.2 Å². The highest BCUT2D eigenvalue weighted by Gasteiger charge is 2.35. The van der Waals surface area contributed by atoms with Crippen molar-refractivity contribution in [1.82, 2.24) is 24.6 Å². The second-order valence-electron chi connectivity index (χ2n) is 7.44. The summed E-state index contributed by atoms with van der Waals surface area (Å²) in [5.41, 5.74) is 6.93. The molecule has 0 radical (unpaired) electrons. The van der Waals surface area contributed by atoms with E-state index in [0.717, 1.165) is 0 Å². The van der Waals surface area contributed by atoms with Gasteiger partial charge in [-0.25, -0.2) is 19.5 Å². The quantitative estimate of drug-likeness (QED) is 0.346. The van der Waals surface area contributed by atoms with Gasteiger partial charge in [-0.05, 0) is 31.9 Å². The number of para-hydroxylation sites is 1. The van der Waals surface area contributed by atoms with Gasteiger partial charge in [-0.2, -0.15) is 5.09 Å². The number of nitrogens with one attached hydrogen (secondary N) is 1. The zero-order valence-corrected chi connectivity index (χ0v) is 19.1. The lowest BCUT2D eigenvalue weighted by Crippen LogP contribution is -2.35. The highest BCUT2D eigenvalue weighted by atomic mass is 31.2. The molecule has 176 valence electrons. The molecule has 33 heavy (non-hydrogen) atoms. The van der Waals surface area contributed by atoms with Crippen LogP contribution in [0.5, 0.6) is 5.75 Å². The van der Waals surface area contributed by atoms with Crippen LogP contribution in [-0.4, -0.2) is 51.4 Å². The predicted molar refractivity (Wildman–Crippen MR) is 118 cm³/mol. The summed E-state index contributed by atoms with van der Waals surface area (Å²) in [6.07, 6.45) is 3.58. The van der Waals surface area contributed by atoms with Crippen molar-refractivity contribution >= 4 is 30.7 Å². The fourth-order valence-corrected chi connectivity index (χ4v) is 4.97. The van der Waals surface area contributed by atoms with Gasteiger partial charge in [-0.15, -0.1) is 0 Å². The number of benzene rings is 1. The summed E-state index contributed by atoms with van der Waals surface area (Å²) in [6.45, 7) is 1.49. The van der Waals surface area contributed by atoms with Gasteiger partial charge >= 0.3 is 13.7 Å². The number of anilines is 1. The first-order valence-electron chi connectivity index (χ1n) is 10.3. The molecule has 3 N–H and O–H groups in total. The number of methoxy groups -OCH3 is 1. The summed E-state index contributed by atoms with van der Waals surface area (Å²) in [4.78, 5) is 24.3. The Balaban J connectivity index is 1.43. The molecular weight excluding hydrogens is 451 g/mol. The number of fused-ring (bicyclic) bond motifs is 1. The third-order valence-electron chi connectivity index (χ3n) is 5.09. The molecule has 2 aromatic heterocycles. The number of aromatic nitrogens is 4. The van der Waals surface area contributed by atoms with Crippen LogP contribution >= 0.6 is 7.75 Å². The Bertz CT molecular complexity index is 1160. The number of hydrogen-bond acceptors (Lipinski definition) is 10. The maximum atomic E-state index is 13.4. The van der Waals surface area contributed by atoms with Crippen molar-refractivity contribution in [2.24, 2.45) is 0 Å². The molecule has 12 nitrogen and oxygen atoms in total. The number of nitrogen functional groups attached to an aromatic ring is 1. The third kappa shape index (κ3) is 5.31. The topological polar surface area (TPSA) is 153 Å². The number of carbonyl (C=O) groups is 1. The molecule has 3 heterocycles. The molecule has 0 amide bonds. The van der Waals surface area contributed by atoms with E-state index in [9.17, 15) is 9.36 Å². The average molecular weight is 476 g/mol. The van der Waals surface area contributed by atoms with E-state index in [0.29, 0.717) is 35.6 Å². The Hall–Kier alpha value is -3.05. The number of nitrogens with two attached hydrogens (primary N) is 1. The van der Waals surface area contributed by atoms with Crippen molar-refractivity contribution < 1.29 is 27.9 Å². The van der Waals surface area contributed by atoms with Crippen LogP contribution in [0.1, 0.15) is 26.0 Å². The molecule has 3 aromatic rings. The lowest BCUT2D eigenvalue weighted by atomic mass is 10.2. The fourth-order valence-electron chi connectivity index (χ4n) is 3.45. The molecule has 0 spiro atoms. The minimum atomic E-state index is -3.93. The predicted octanol–water partition coefficient (Wildman–Crippen LogP) is 2.44. The van der Waals surface area contributed by atoms with Crippen LogP contribution in [0.15, 0.2) is 43.0 Å². The van der Waals surface area contributed by atoms with Gasteiger partial charge in [0.2, 0.25) is 0 Å². The molecule has 0 bridgehead atoms. The maximum Gasteiger partial charge on any atom is 0.459 e. The zero-order valence-electron chi connectivity index (χ0n) is 18.2. The molecule has 4 rings (SSSR count). The molecule has 1 aliphatic heterocycles. The van der Waals surface area contributed by atoms with Crippen molar-refractivity contribution in [1.29, 1.82) is 0 Å². The van der Waals surface area contributed by atoms with Crippen LogP contribution < -0.4 is 15.3 Å². The van der Waals surface area contributed by atoms with Crippen LogP contribution in [0.4, 0.5) is 5.82 Å². The molecule has 1 aliphatic rings. The number of carbonyl (C=O) groups excluding carboxylic acids is 1. The number of imidazole rings is 1. The van der Waals surface area contributed by atoms with Crippen LogP contribution in [0.25, 0.3) is 11.2 Å². The molecule has 13 heteroatoms. The van der Waals surface area contributed by atoms with Gasteiger partial charge in [0.25, 0.3) is 0 Å². The van der Waals surface area contributed by atoms with Crippen LogP contribution in [-0.2, 0) is 23.4 Å². The van der Waals surface area contributed by atoms with Crippen molar-refractivity contribution in [2.75, 3.05) is 19.5 Å². The van der Waals surface area contributed by atoms with Crippen molar-refractivity contribution in [3.8, 4) is 5.75 Å². The lowest BCUT2D eigenvalue weighted by molar-refractivity contribution is -0.142. The van der Waals surface area contributed by atoms with E-state index in [1.807, 2.05) is 0 Å². The van der Waals surface area contributed by atoms with Crippen molar-refractivity contribution in [2.45, 2.75) is 38.1 Å². The first-order chi connectivity index (χ1) is 15.9. The molecule has 4 unspecified atom stereocenters. The van der Waals surface area contributed by atoms with Gasteiger partial charge in [0.15, 0.2) is 11.5 Å². The van der Waals surface area contributed by atoms with Crippen LogP contribution in [0.3, 0.4) is 0 Å². The van der Waals surface area contributed by atoms with Gasteiger partial charge in [0.1, 0.15) is 29.9 Å². The second kappa shape index (κ2) is 9.84. The molecule has 0 aliphatic carbocycles. The fraction of sp³-hybridized carbons (Fsp3) is 0.400. The van der Waals surface area contributed by atoms with E-state index in [4.69, 9.17) is 24.3 Å². The third-order valence-corrected chi connectivity index (χ3v) is 6.73. The minimum absolute atomic E-state index is 0.0226. The number of ether oxygens (including phenoxy) is 2. The Morgan fingerprint density at radius 2 is 2.09 bits per heavy atom. The first-order valence-corrected chi connectivity index (χ1v) is 11.9. The SMILES string of the molecule is COC(=O)C(C)NP(=O)(OCC1CCC(n2cnc3c(N)ncnc32)O1)Oc1ccccc1. The summed E-state index contributed by atoms with van der Waals surface area (Å²) in [5, 5.41) is 2.62. The normalized spacial score (nSPS) is 20.9. The van der Waals surface area contributed by atoms with Gasteiger partial charge in [-0.3, -0.25) is 13.9 Å². The van der Waals surface area contributed by atoms with Gasteiger partial charge in [0, 0.05) is 0 Å². The zero-order chi connectivity index (χ0) is 23.4. The molecule has 1 aromatic carbocycles. The number of nitrogens with zero attached hydrogens (tertiary/aromatic N) is 4. The Kier molecular flexibility index (Phi) is 6.89. The first kappa shape index (κ1) is 23.1. The summed E-state index contributed by atoms with van der Waals surface area (Å²) < 4.78 is 37.3. The smallest absolute Gasteiger partial charge is 0.459 e. The van der Waals surface area contributed by atoms with E-state index in [1.54, 1.807) is 41.2 Å². The molecule has 1 fully saturated rings. The van der Waals surface area contributed by atoms with Crippen LogP contribution in [0.2, 0.25) is 0 Å². The van der Waals surface area contributed by atoms with E-state index in [2.05, 4.69) is 20.0 Å². The Labute approximate surface area is 190 Å². The van der Waals surface area contributed by atoms with E-state index in [1.165, 1.54) is 20.4 Å². The van der Waals surface area contributed by atoms with Crippen LogP contribution in [0, 0.1) is 0 Å². The summed E-state index contributed by atoms with van der Waals surface area (Å²) in [7, 11) is -2.68.